The number of aromatic nitrogens is 2. The Balaban J connectivity index is 2.29. The topological polar surface area (TPSA) is 134 Å². The molecule has 1 saturated heterocycles. The lowest BCUT2D eigenvalue weighted by Gasteiger charge is -2.16. The van der Waals surface area contributed by atoms with E-state index in [4.69, 9.17) is 15.1 Å². The number of nitrogens with one attached hydrogen (secondary N) is 1. The van der Waals surface area contributed by atoms with Gasteiger partial charge in [0.05, 0.1) is 25.9 Å². The summed E-state index contributed by atoms with van der Waals surface area (Å²) < 4.78 is 6.87. The number of aliphatic hydroxyl groups excluding tert-OH is 1. The third-order valence-corrected chi connectivity index (χ3v) is 3.23. The Hall–Kier alpha value is -2.13. The minimum atomic E-state index is -0.632. The van der Waals surface area contributed by atoms with Crippen molar-refractivity contribution >= 4 is 5.82 Å². The van der Waals surface area contributed by atoms with Crippen LogP contribution in [0.2, 0.25) is 0 Å². The van der Waals surface area contributed by atoms with Gasteiger partial charge in [-0.1, -0.05) is 5.11 Å². The third kappa shape index (κ3) is 3.14. The Bertz CT molecular complexity index is 611. The Labute approximate surface area is 119 Å². The first-order chi connectivity index (χ1) is 10.1. The quantitative estimate of drug-likeness (QED) is 0.351. The number of anilines is 1. The summed E-state index contributed by atoms with van der Waals surface area (Å²) in [4.78, 5) is 23.3. The highest BCUT2D eigenvalue weighted by atomic mass is 16.6. The van der Waals surface area contributed by atoms with Crippen LogP contribution in [0.3, 0.4) is 0 Å². The van der Waals surface area contributed by atoms with Crippen LogP contribution in [0.25, 0.3) is 10.4 Å². The van der Waals surface area contributed by atoms with Crippen molar-refractivity contribution in [1.82, 2.24) is 9.55 Å². The Morgan fingerprint density at radius 2 is 2.52 bits per heavy atom. The van der Waals surface area contributed by atoms with E-state index in [0.29, 0.717) is 17.8 Å². The number of hydrogen-bond donors (Lipinski definition) is 2. The molecule has 114 valence electrons. The molecular weight excluding hydrogens is 280 g/mol. The van der Waals surface area contributed by atoms with E-state index >= 15 is 0 Å². The van der Waals surface area contributed by atoms with Gasteiger partial charge in [-0.2, -0.15) is 4.98 Å². The second-order valence-corrected chi connectivity index (χ2v) is 4.59. The second-order valence-electron chi connectivity index (χ2n) is 4.59. The van der Waals surface area contributed by atoms with Gasteiger partial charge in [-0.05, 0) is 12.5 Å². The molecule has 3 atom stereocenters. The molecule has 1 fully saturated rings. The first kappa shape index (κ1) is 15.3. The molecule has 2 heterocycles. The van der Waals surface area contributed by atoms with Crippen molar-refractivity contribution in [3.05, 3.63) is 32.7 Å². The van der Waals surface area contributed by atoms with E-state index in [-0.39, 0.29) is 6.61 Å². The van der Waals surface area contributed by atoms with Gasteiger partial charge in [0.2, 0.25) is 0 Å². The average molecular weight is 296 g/mol. The zero-order valence-corrected chi connectivity index (χ0v) is 11.6. The summed E-state index contributed by atoms with van der Waals surface area (Å²) in [5, 5.41) is 12.8. The van der Waals surface area contributed by atoms with Crippen molar-refractivity contribution < 1.29 is 14.7 Å². The molecule has 0 spiro atoms. The number of azide groups is 1. The van der Waals surface area contributed by atoms with Crippen molar-refractivity contribution in [2.45, 2.75) is 31.7 Å². The largest absolute Gasteiger partial charge is 0.394 e. The van der Waals surface area contributed by atoms with Crippen LogP contribution in [0.15, 0.2) is 16.1 Å². The van der Waals surface area contributed by atoms with Crippen LogP contribution in [0.1, 0.15) is 18.2 Å². The number of nitrogens with zero attached hydrogens (tertiary/aromatic N) is 5. The van der Waals surface area contributed by atoms with Crippen molar-refractivity contribution in [2.75, 3.05) is 19.2 Å². The monoisotopic (exact) mass is 296 g/mol. The fourth-order valence-electron chi connectivity index (χ4n) is 2.21. The van der Waals surface area contributed by atoms with Crippen LogP contribution in [0.4, 0.5) is 5.82 Å². The molecule has 21 heavy (non-hydrogen) atoms. The fraction of sp³-hybridized carbons (Fsp3) is 0.636. The Morgan fingerprint density at radius 1 is 1.76 bits per heavy atom. The highest BCUT2D eigenvalue weighted by Crippen LogP contribution is 2.30. The summed E-state index contributed by atoms with van der Waals surface area (Å²) in [6, 6.07) is -0.519. The van der Waals surface area contributed by atoms with E-state index in [2.05, 4.69) is 20.5 Å². The number of aryl methyl sites for hydroxylation is 1. The van der Waals surface area contributed by atoms with Gasteiger partial charge in [-0.15, -0.1) is 0 Å². The van der Waals surface area contributed by atoms with Gasteiger partial charge in [0.1, 0.15) is 6.23 Å². The van der Waals surface area contributed by atoms with E-state index in [1.807, 2.05) is 0 Å². The second kappa shape index (κ2) is 6.55. The third-order valence-electron chi connectivity index (χ3n) is 3.23. The fourth-order valence-corrected chi connectivity index (χ4v) is 2.21. The van der Waals surface area contributed by atoms with Gasteiger partial charge in [-0.3, -0.25) is 9.40 Å². The van der Waals surface area contributed by atoms with Crippen LogP contribution < -0.4 is 11.2 Å². The van der Waals surface area contributed by atoms with Gasteiger partial charge >= 0.3 is 5.69 Å². The normalized spacial score (nSPS) is 24.6. The van der Waals surface area contributed by atoms with Gasteiger partial charge < -0.3 is 9.84 Å². The highest BCUT2D eigenvalue weighted by Gasteiger charge is 2.35. The number of hydrogen-bond acceptors (Lipinski definition) is 7. The summed E-state index contributed by atoms with van der Waals surface area (Å²) in [6.07, 6.45) is 0.615. The molecule has 2 N–H and O–H groups in total. The van der Waals surface area contributed by atoms with Gasteiger partial charge in [0.25, 0.3) is 0 Å². The molecule has 0 aliphatic carbocycles. The standard InChI is InChI=1S/C11H16N6O4/c1-6-4-17(11(19)13-10(6)15-20-2)9-3-7(14-16-12)8(5-18)21-9/h4,7-9,18H,3,5H2,1-2H3,(H,13,15,19)/t7-,8+,9+/m0/s1. The smallest absolute Gasteiger partial charge is 0.351 e. The molecular formula is C11H16N6O4. The van der Waals surface area contributed by atoms with Crippen LogP contribution in [-0.4, -0.2) is 40.5 Å². The summed E-state index contributed by atoms with van der Waals surface area (Å²) in [7, 11) is 1.42. The maximum absolute atomic E-state index is 12.0. The molecule has 0 unspecified atom stereocenters. The number of rotatable bonds is 5. The van der Waals surface area contributed by atoms with Gasteiger partial charge in [0.15, 0.2) is 5.82 Å². The van der Waals surface area contributed by atoms with Gasteiger partial charge in [-0.25, -0.2) is 10.3 Å². The molecule has 0 bridgehead atoms. The summed E-state index contributed by atoms with van der Waals surface area (Å²) >= 11 is 0. The Morgan fingerprint density at radius 3 is 3.14 bits per heavy atom. The van der Waals surface area contributed by atoms with E-state index < -0.39 is 24.1 Å². The number of aliphatic hydroxyl groups is 1. The lowest BCUT2D eigenvalue weighted by Crippen LogP contribution is -2.28. The van der Waals surface area contributed by atoms with E-state index in [0.717, 1.165) is 0 Å². The van der Waals surface area contributed by atoms with Crippen molar-refractivity contribution in [3.8, 4) is 0 Å². The summed E-state index contributed by atoms with van der Waals surface area (Å²) in [5.74, 6) is 0.321. The molecule has 1 aliphatic heterocycles. The minimum Gasteiger partial charge on any atom is -0.394 e. The molecule has 2 rings (SSSR count). The molecule has 0 aromatic carbocycles. The maximum atomic E-state index is 12.0. The molecule has 10 heteroatoms. The first-order valence-corrected chi connectivity index (χ1v) is 6.30. The molecule has 1 aromatic heterocycles. The molecule has 0 radical (unpaired) electrons. The van der Waals surface area contributed by atoms with Crippen LogP contribution >= 0.6 is 0 Å². The summed E-state index contributed by atoms with van der Waals surface area (Å²) in [5.41, 5.74) is 11.2. The zero-order valence-electron chi connectivity index (χ0n) is 11.6. The van der Waals surface area contributed by atoms with Crippen LogP contribution in [0, 0.1) is 6.92 Å². The highest BCUT2D eigenvalue weighted by molar-refractivity contribution is 5.38. The van der Waals surface area contributed by atoms with E-state index in [1.165, 1.54) is 11.7 Å². The zero-order chi connectivity index (χ0) is 15.4. The molecule has 10 nitrogen and oxygen atoms in total. The Kier molecular flexibility index (Phi) is 4.76. The van der Waals surface area contributed by atoms with Crippen molar-refractivity contribution in [1.29, 1.82) is 0 Å². The molecule has 1 aromatic rings. The van der Waals surface area contributed by atoms with Crippen molar-refractivity contribution in [3.63, 3.8) is 0 Å². The number of ether oxygens (including phenoxy) is 1. The first-order valence-electron chi connectivity index (χ1n) is 6.30. The summed E-state index contributed by atoms with van der Waals surface area (Å²) in [6.45, 7) is 1.47. The minimum absolute atomic E-state index is 0.287. The predicted molar refractivity (Wildman–Crippen MR) is 72.4 cm³/mol. The molecule has 0 saturated carbocycles. The lowest BCUT2D eigenvalue weighted by molar-refractivity contribution is -0.0270. The van der Waals surface area contributed by atoms with E-state index in [9.17, 15) is 9.90 Å². The molecule has 1 aliphatic rings. The molecule has 0 amide bonds. The van der Waals surface area contributed by atoms with E-state index in [1.54, 1.807) is 13.1 Å². The average Bonchev–Trinajstić information content (AvgIpc) is 2.86. The SMILES string of the molecule is CONc1nc(=O)n([C@H]2C[C@H](N=[N+]=[N-])[C@@H](CO)O2)cc1C. The predicted octanol–water partition coefficient (Wildman–Crippen LogP) is 0.484. The lowest BCUT2D eigenvalue weighted by atomic mass is 10.1. The van der Waals surface area contributed by atoms with Gasteiger partial charge in [0, 0.05) is 23.1 Å². The van der Waals surface area contributed by atoms with Crippen LogP contribution in [-0.2, 0) is 9.57 Å². The van der Waals surface area contributed by atoms with Crippen LogP contribution in [0.5, 0.6) is 0 Å². The van der Waals surface area contributed by atoms with Crippen molar-refractivity contribution in [2.24, 2.45) is 5.11 Å². The maximum Gasteiger partial charge on any atom is 0.351 e.